The molecule has 0 radical (unpaired) electrons. The molecule has 1 atom stereocenters. The summed E-state index contributed by atoms with van der Waals surface area (Å²) in [5.41, 5.74) is 1.07. The molecule has 0 aliphatic carbocycles. The molecule has 0 bridgehead atoms. The summed E-state index contributed by atoms with van der Waals surface area (Å²) in [6.45, 7) is 2.43. The molecule has 4 nitrogen and oxygen atoms in total. The van der Waals surface area contributed by atoms with E-state index in [1.54, 1.807) is 6.92 Å². The average Bonchev–Trinajstić information content (AvgIpc) is 2.78. The third kappa shape index (κ3) is 3.15. The van der Waals surface area contributed by atoms with Crippen LogP contribution >= 0.6 is 23.2 Å². The van der Waals surface area contributed by atoms with Crippen molar-refractivity contribution in [2.45, 2.75) is 18.8 Å². The van der Waals surface area contributed by atoms with Gasteiger partial charge in [0, 0.05) is 18.6 Å². The van der Waals surface area contributed by atoms with E-state index in [-0.39, 0.29) is 5.38 Å². The van der Waals surface area contributed by atoms with Crippen LogP contribution < -0.4 is 4.90 Å². The van der Waals surface area contributed by atoms with E-state index in [1.807, 2.05) is 36.2 Å². The van der Waals surface area contributed by atoms with E-state index in [9.17, 15) is 0 Å². The first-order valence-corrected chi connectivity index (χ1v) is 6.31. The molecule has 0 N–H and O–H groups in total. The molecule has 0 spiro atoms. The summed E-state index contributed by atoms with van der Waals surface area (Å²) in [6, 6.07) is 8.08. The Morgan fingerprint density at radius 3 is 2.78 bits per heavy atom. The third-order valence-electron chi connectivity index (χ3n) is 2.41. The number of benzene rings is 1. The van der Waals surface area contributed by atoms with Crippen molar-refractivity contribution in [3.05, 3.63) is 40.7 Å². The number of rotatable bonds is 4. The van der Waals surface area contributed by atoms with Gasteiger partial charge in [-0.05, 0) is 24.6 Å². The Morgan fingerprint density at radius 1 is 1.39 bits per heavy atom. The first-order chi connectivity index (χ1) is 8.56. The van der Waals surface area contributed by atoms with Gasteiger partial charge in [-0.25, -0.2) is 0 Å². The molecule has 0 amide bonds. The number of nitrogens with zero attached hydrogens (tertiary/aromatic N) is 3. The summed E-state index contributed by atoms with van der Waals surface area (Å²) in [4.78, 5) is 1.85. The highest BCUT2D eigenvalue weighted by molar-refractivity contribution is 6.30. The largest absolute Gasteiger partial charge is 0.406 e. The molecule has 6 heteroatoms. The molecule has 1 aromatic heterocycles. The number of halogens is 2. The van der Waals surface area contributed by atoms with Gasteiger partial charge in [0.25, 0.3) is 0 Å². The lowest BCUT2D eigenvalue weighted by molar-refractivity contribution is 0.489. The molecule has 0 saturated heterocycles. The minimum atomic E-state index is -0.286. The van der Waals surface area contributed by atoms with Crippen LogP contribution in [-0.2, 0) is 6.54 Å². The van der Waals surface area contributed by atoms with Crippen LogP contribution in [0, 0.1) is 0 Å². The molecule has 1 heterocycles. The lowest BCUT2D eigenvalue weighted by Crippen LogP contribution is -2.16. The third-order valence-corrected chi connectivity index (χ3v) is 2.83. The van der Waals surface area contributed by atoms with Crippen molar-refractivity contribution in [2.24, 2.45) is 0 Å². The van der Waals surface area contributed by atoms with E-state index in [2.05, 4.69) is 10.2 Å². The van der Waals surface area contributed by atoms with E-state index in [0.717, 1.165) is 5.56 Å². The number of alkyl halides is 1. The predicted molar refractivity (Wildman–Crippen MR) is 72.1 cm³/mol. The van der Waals surface area contributed by atoms with Gasteiger partial charge in [0.2, 0.25) is 5.89 Å². The summed E-state index contributed by atoms with van der Waals surface area (Å²) in [6.07, 6.45) is 0. The lowest BCUT2D eigenvalue weighted by Gasteiger charge is -2.13. The quantitative estimate of drug-likeness (QED) is 0.804. The predicted octanol–water partition coefficient (Wildman–Crippen LogP) is 3.66. The molecular formula is C12H13Cl2N3O. The molecule has 0 aliphatic rings. The maximum atomic E-state index is 5.93. The van der Waals surface area contributed by atoms with Gasteiger partial charge in [-0.3, -0.25) is 0 Å². The second-order valence-corrected chi connectivity index (χ2v) is 5.12. The summed E-state index contributed by atoms with van der Waals surface area (Å²) >= 11 is 11.8. The Bertz CT molecular complexity index is 528. The van der Waals surface area contributed by atoms with Gasteiger partial charge >= 0.3 is 6.01 Å². The van der Waals surface area contributed by atoms with Crippen LogP contribution in [0.25, 0.3) is 0 Å². The Morgan fingerprint density at radius 2 is 2.17 bits per heavy atom. The molecule has 0 saturated carbocycles. The van der Waals surface area contributed by atoms with Gasteiger partial charge in [0.05, 0.1) is 0 Å². The second kappa shape index (κ2) is 5.59. The SMILES string of the molecule is CC(Cl)c1nnc(N(C)Cc2cccc(Cl)c2)o1. The smallest absolute Gasteiger partial charge is 0.318 e. The molecule has 96 valence electrons. The fraction of sp³-hybridized carbons (Fsp3) is 0.333. The van der Waals surface area contributed by atoms with E-state index in [0.29, 0.717) is 23.5 Å². The Hall–Kier alpha value is -1.26. The van der Waals surface area contributed by atoms with Crippen LogP contribution in [0.3, 0.4) is 0 Å². The van der Waals surface area contributed by atoms with Crippen LogP contribution in [0.5, 0.6) is 0 Å². The maximum Gasteiger partial charge on any atom is 0.318 e. The van der Waals surface area contributed by atoms with Crippen LogP contribution in [0.4, 0.5) is 6.01 Å². The summed E-state index contributed by atoms with van der Waals surface area (Å²) < 4.78 is 5.45. The first kappa shape index (κ1) is 13.2. The standard InChI is InChI=1S/C12H13Cl2N3O/c1-8(13)11-15-16-12(18-11)17(2)7-9-4-3-5-10(14)6-9/h3-6,8H,7H2,1-2H3. The molecule has 0 fully saturated rings. The van der Waals surface area contributed by atoms with Crippen LogP contribution in [0.2, 0.25) is 5.02 Å². The highest BCUT2D eigenvalue weighted by atomic mass is 35.5. The number of anilines is 1. The molecular weight excluding hydrogens is 273 g/mol. The number of hydrogen-bond acceptors (Lipinski definition) is 4. The van der Waals surface area contributed by atoms with Gasteiger partial charge in [0.15, 0.2) is 0 Å². The summed E-state index contributed by atoms with van der Waals surface area (Å²) in [7, 11) is 1.87. The normalized spacial score (nSPS) is 12.4. The van der Waals surface area contributed by atoms with Gasteiger partial charge in [-0.1, -0.05) is 28.8 Å². The molecule has 0 aliphatic heterocycles. The fourth-order valence-electron chi connectivity index (χ4n) is 1.52. The van der Waals surface area contributed by atoms with Crippen LogP contribution in [0.15, 0.2) is 28.7 Å². The highest BCUT2D eigenvalue weighted by Crippen LogP contribution is 2.22. The maximum absolute atomic E-state index is 5.93. The molecule has 1 unspecified atom stereocenters. The molecule has 2 rings (SSSR count). The molecule has 18 heavy (non-hydrogen) atoms. The highest BCUT2D eigenvalue weighted by Gasteiger charge is 2.14. The molecule has 1 aromatic carbocycles. The monoisotopic (exact) mass is 285 g/mol. The Kier molecular flexibility index (Phi) is 4.09. The van der Waals surface area contributed by atoms with Crippen molar-refractivity contribution in [3.63, 3.8) is 0 Å². The zero-order valence-electron chi connectivity index (χ0n) is 10.1. The molecule has 2 aromatic rings. The van der Waals surface area contributed by atoms with Crippen molar-refractivity contribution in [1.82, 2.24) is 10.2 Å². The van der Waals surface area contributed by atoms with E-state index in [1.165, 1.54) is 0 Å². The minimum Gasteiger partial charge on any atom is -0.406 e. The van der Waals surface area contributed by atoms with Gasteiger partial charge in [-0.15, -0.1) is 16.7 Å². The van der Waals surface area contributed by atoms with E-state index in [4.69, 9.17) is 27.6 Å². The minimum absolute atomic E-state index is 0.286. The van der Waals surface area contributed by atoms with Crippen molar-refractivity contribution in [3.8, 4) is 0 Å². The van der Waals surface area contributed by atoms with Crippen molar-refractivity contribution < 1.29 is 4.42 Å². The van der Waals surface area contributed by atoms with Gasteiger partial charge in [0.1, 0.15) is 5.38 Å². The van der Waals surface area contributed by atoms with Crippen LogP contribution in [0.1, 0.15) is 23.8 Å². The van der Waals surface area contributed by atoms with Crippen LogP contribution in [-0.4, -0.2) is 17.2 Å². The summed E-state index contributed by atoms with van der Waals surface area (Å²) in [5.74, 6) is 0.421. The van der Waals surface area contributed by atoms with Gasteiger partial charge in [-0.2, -0.15) is 0 Å². The zero-order chi connectivity index (χ0) is 13.1. The van der Waals surface area contributed by atoms with Crippen molar-refractivity contribution >= 4 is 29.2 Å². The zero-order valence-corrected chi connectivity index (χ0v) is 11.6. The van der Waals surface area contributed by atoms with E-state index < -0.39 is 0 Å². The lowest BCUT2D eigenvalue weighted by atomic mass is 10.2. The van der Waals surface area contributed by atoms with Gasteiger partial charge < -0.3 is 9.32 Å². The number of hydrogen-bond donors (Lipinski definition) is 0. The first-order valence-electron chi connectivity index (χ1n) is 5.49. The number of aromatic nitrogens is 2. The van der Waals surface area contributed by atoms with E-state index >= 15 is 0 Å². The van der Waals surface area contributed by atoms with Crippen molar-refractivity contribution in [1.29, 1.82) is 0 Å². The second-order valence-electron chi connectivity index (χ2n) is 4.02. The Labute approximate surface area is 116 Å². The average molecular weight is 286 g/mol. The Balaban J connectivity index is 2.09. The topological polar surface area (TPSA) is 42.2 Å². The fourth-order valence-corrected chi connectivity index (χ4v) is 1.82. The summed E-state index contributed by atoms with van der Waals surface area (Å²) in [5, 5.41) is 8.25. The van der Waals surface area contributed by atoms with Crippen molar-refractivity contribution in [2.75, 3.05) is 11.9 Å².